The molecule has 1 saturated carbocycles. The van der Waals surface area contributed by atoms with Crippen LogP contribution in [0.25, 0.3) is 0 Å². The van der Waals surface area contributed by atoms with Gasteiger partial charge < -0.3 is 15.6 Å². The predicted octanol–water partition coefficient (Wildman–Crippen LogP) is 1.34. The second-order valence-electron chi connectivity index (χ2n) is 3.88. The van der Waals surface area contributed by atoms with E-state index >= 15 is 0 Å². The average molecular weight is 171 g/mol. The summed E-state index contributed by atoms with van der Waals surface area (Å²) in [6.07, 6.45) is 6.14. The highest BCUT2D eigenvalue weighted by Gasteiger charge is 2.29. The van der Waals surface area contributed by atoms with E-state index in [1.807, 2.05) is 7.05 Å². The quantitative estimate of drug-likeness (QED) is 0.651. The van der Waals surface area contributed by atoms with Crippen LogP contribution in [0.15, 0.2) is 0 Å². The van der Waals surface area contributed by atoms with Crippen LogP contribution in [0.2, 0.25) is 0 Å². The minimum absolute atomic E-state index is 0.106. The smallest absolute Gasteiger partial charge is 0.0296 e. The van der Waals surface area contributed by atoms with Crippen LogP contribution >= 0.6 is 0 Å². The Labute approximate surface area is 74.7 Å². The van der Waals surface area contributed by atoms with Gasteiger partial charge in [-0.15, -0.1) is 0 Å². The molecule has 0 atom stereocenters. The van der Waals surface area contributed by atoms with Gasteiger partial charge in [0.15, 0.2) is 0 Å². The Morgan fingerprint density at radius 3 is 2.33 bits per heavy atom. The molecule has 0 spiro atoms. The Hall–Kier alpha value is -0.120. The number of nitrogens with one attached hydrogen (secondary N) is 1. The molecule has 1 rings (SSSR count). The Bertz CT molecular complexity index is 130. The summed E-state index contributed by atoms with van der Waals surface area (Å²) < 4.78 is 0. The van der Waals surface area contributed by atoms with E-state index in [-0.39, 0.29) is 5.54 Å². The maximum atomic E-state index is 11.0. The molecule has 0 aromatic heterocycles. The maximum absolute atomic E-state index is 11.0. The standard InChI is InChI=1S/C9H19N2O/c1-10-9(8-11(2)12)6-4-3-5-7-9/h10H,3-8H2,1-2H3/q-1. The minimum Gasteiger partial charge on any atom is -0.785 e. The van der Waals surface area contributed by atoms with Crippen LogP contribution in [-0.4, -0.2) is 31.2 Å². The van der Waals surface area contributed by atoms with Gasteiger partial charge in [0.25, 0.3) is 0 Å². The molecule has 0 saturated heterocycles. The van der Waals surface area contributed by atoms with Crippen molar-refractivity contribution in [3.8, 4) is 0 Å². The van der Waals surface area contributed by atoms with Crippen LogP contribution in [0.4, 0.5) is 0 Å². The first-order valence-corrected chi connectivity index (χ1v) is 4.76. The fourth-order valence-electron chi connectivity index (χ4n) is 2.14. The van der Waals surface area contributed by atoms with Gasteiger partial charge in [-0.05, 0) is 26.9 Å². The molecular formula is C9H19N2O-. The van der Waals surface area contributed by atoms with E-state index in [4.69, 9.17) is 0 Å². The summed E-state index contributed by atoms with van der Waals surface area (Å²) in [5.74, 6) is 0. The molecule has 3 heteroatoms. The highest BCUT2D eigenvalue weighted by molar-refractivity contribution is 4.91. The van der Waals surface area contributed by atoms with E-state index in [1.54, 1.807) is 7.05 Å². The lowest BCUT2D eigenvalue weighted by Crippen LogP contribution is -2.51. The first-order valence-electron chi connectivity index (χ1n) is 4.76. The number of hydrogen-bond donors (Lipinski definition) is 1. The molecule has 12 heavy (non-hydrogen) atoms. The van der Waals surface area contributed by atoms with Crippen molar-refractivity contribution >= 4 is 0 Å². The maximum Gasteiger partial charge on any atom is 0.0296 e. The summed E-state index contributed by atoms with van der Waals surface area (Å²) in [6.45, 7) is 0.628. The fourth-order valence-corrected chi connectivity index (χ4v) is 2.14. The lowest BCUT2D eigenvalue weighted by Gasteiger charge is -2.42. The van der Waals surface area contributed by atoms with Gasteiger partial charge in [0.05, 0.1) is 0 Å². The molecule has 3 nitrogen and oxygen atoms in total. The third-order valence-electron chi connectivity index (χ3n) is 2.87. The number of hydroxylamine groups is 2. The van der Waals surface area contributed by atoms with Crippen molar-refractivity contribution in [2.75, 3.05) is 20.6 Å². The summed E-state index contributed by atoms with van der Waals surface area (Å²) in [4.78, 5) is 0. The van der Waals surface area contributed by atoms with Crippen LogP contribution < -0.4 is 5.32 Å². The van der Waals surface area contributed by atoms with Crippen molar-refractivity contribution in [2.24, 2.45) is 0 Å². The second-order valence-corrected chi connectivity index (χ2v) is 3.88. The summed E-state index contributed by atoms with van der Waals surface area (Å²) in [7, 11) is 3.57. The van der Waals surface area contributed by atoms with Gasteiger partial charge in [0, 0.05) is 12.1 Å². The van der Waals surface area contributed by atoms with E-state index in [1.165, 1.54) is 19.3 Å². The molecular weight excluding hydrogens is 152 g/mol. The SMILES string of the molecule is CNC1(CN(C)[O-])CCCCC1. The summed E-state index contributed by atoms with van der Waals surface area (Å²) in [5, 5.41) is 15.3. The molecule has 0 amide bonds. The highest BCUT2D eigenvalue weighted by atomic mass is 16.5. The Balaban J connectivity index is 2.48. The van der Waals surface area contributed by atoms with Crippen molar-refractivity contribution in [3.05, 3.63) is 5.21 Å². The van der Waals surface area contributed by atoms with E-state index in [0.717, 1.165) is 17.9 Å². The van der Waals surface area contributed by atoms with Crippen LogP contribution in [-0.2, 0) is 0 Å². The van der Waals surface area contributed by atoms with Gasteiger partial charge in [-0.3, -0.25) is 0 Å². The van der Waals surface area contributed by atoms with Gasteiger partial charge in [-0.2, -0.15) is 0 Å². The van der Waals surface area contributed by atoms with Gasteiger partial charge in [0.2, 0.25) is 0 Å². The van der Waals surface area contributed by atoms with Crippen molar-refractivity contribution in [2.45, 2.75) is 37.6 Å². The Kier molecular flexibility index (Phi) is 3.50. The van der Waals surface area contributed by atoms with Crippen molar-refractivity contribution in [3.63, 3.8) is 0 Å². The molecule has 0 aromatic carbocycles. The minimum atomic E-state index is 0.106. The highest BCUT2D eigenvalue weighted by Crippen LogP contribution is 2.28. The van der Waals surface area contributed by atoms with E-state index in [0.29, 0.717) is 6.54 Å². The zero-order chi connectivity index (χ0) is 9.03. The molecule has 0 heterocycles. The first-order chi connectivity index (χ1) is 5.68. The van der Waals surface area contributed by atoms with E-state index in [2.05, 4.69) is 5.32 Å². The topological polar surface area (TPSA) is 38.3 Å². The monoisotopic (exact) mass is 171 g/mol. The van der Waals surface area contributed by atoms with Crippen molar-refractivity contribution < 1.29 is 0 Å². The molecule has 1 N–H and O–H groups in total. The summed E-state index contributed by atoms with van der Waals surface area (Å²) in [6, 6.07) is 0. The van der Waals surface area contributed by atoms with Crippen LogP contribution in [0.1, 0.15) is 32.1 Å². The van der Waals surface area contributed by atoms with Crippen molar-refractivity contribution in [1.29, 1.82) is 0 Å². The summed E-state index contributed by atoms with van der Waals surface area (Å²) in [5.41, 5.74) is 0.106. The molecule has 0 aromatic rings. The summed E-state index contributed by atoms with van der Waals surface area (Å²) >= 11 is 0. The number of nitrogens with zero attached hydrogens (tertiary/aromatic N) is 1. The number of hydrogen-bond acceptors (Lipinski definition) is 3. The first kappa shape index (κ1) is 9.96. The van der Waals surface area contributed by atoms with Gasteiger partial charge in [-0.1, -0.05) is 19.3 Å². The number of rotatable bonds is 3. The normalized spacial score (nSPS) is 23.0. The molecule has 72 valence electrons. The molecule has 0 aliphatic heterocycles. The lowest BCUT2D eigenvalue weighted by atomic mass is 9.82. The van der Waals surface area contributed by atoms with Crippen LogP contribution in [0.5, 0.6) is 0 Å². The predicted molar refractivity (Wildman–Crippen MR) is 50.9 cm³/mol. The van der Waals surface area contributed by atoms with Gasteiger partial charge in [0.1, 0.15) is 0 Å². The molecule has 1 aliphatic carbocycles. The molecule has 0 radical (unpaired) electrons. The van der Waals surface area contributed by atoms with Gasteiger partial charge in [-0.25, -0.2) is 0 Å². The third kappa shape index (κ3) is 2.44. The van der Waals surface area contributed by atoms with E-state index < -0.39 is 0 Å². The molecule has 0 unspecified atom stereocenters. The molecule has 1 aliphatic rings. The average Bonchev–Trinajstić information content (AvgIpc) is 2.05. The number of likely N-dealkylation sites (N-methyl/N-ethyl adjacent to an activating group) is 2. The van der Waals surface area contributed by atoms with E-state index in [9.17, 15) is 5.21 Å². The third-order valence-corrected chi connectivity index (χ3v) is 2.87. The van der Waals surface area contributed by atoms with Crippen molar-refractivity contribution in [1.82, 2.24) is 10.4 Å². The fraction of sp³-hybridized carbons (Fsp3) is 1.00. The molecule has 0 bridgehead atoms. The second kappa shape index (κ2) is 4.21. The van der Waals surface area contributed by atoms with Crippen LogP contribution in [0.3, 0.4) is 0 Å². The largest absolute Gasteiger partial charge is 0.785 e. The van der Waals surface area contributed by atoms with Crippen LogP contribution in [0, 0.1) is 5.21 Å². The Morgan fingerprint density at radius 2 is 1.92 bits per heavy atom. The van der Waals surface area contributed by atoms with Gasteiger partial charge >= 0.3 is 0 Å². The zero-order valence-corrected chi connectivity index (χ0v) is 8.10. The molecule has 1 fully saturated rings. The zero-order valence-electron chi connectivity index (χ0n) is 8.10. The Morgan fingerprint density at radius 1 is 1.33 bits per heavy atom. The lowest BCUT2D eigenvalue weighted by molar-refractivity contribution is 0.195.